The molecule has 124 valence electrons. The highest BCUT2D eigenvalue weighted by Gasteiger charge is 2.11. The van der Waals surface area contributed by atoms with E-state index in [1.165, 1.54) is 4.90 Å². The molecule has 0 aliphatic carbocycles. The van der Waals surface area contributed by atoms with Crippen molar-refractivity contribution in [1.29, 1.82) is 0 Å². The monoisotopic (exact) mass is 341 g/mol. The number of amides is 2. The average Bonchev–Trinajstić information content (AvgIpc) is 2.55. The van der Waals surface area contributed by atoms with Gasteiger partial charge >= 0.3 is 0 Å². The maximum Gasteiger partial charge on any atom is 0.257 e. The number of carbonyl (C=O) groups excluding carboxylic acids is 2. The first-order valence-corrected chi connectivity index (χ1v) is 7.79. The summed E-state index contributed by atoms with van der Waals surface area (Å²) in [6, 6.07) is 14.2. The van der Waals surface area contributed by atoms with E-state index in [9.17, 15) is 9.59 Å². The standard InChI is InChI=1S/C18H19N3O2S/c1-12-6-4-5-7-15(12)16(22)20-18(24)19-14-10-8-13(9-11-14)17(23)21(2)3/h4-11H,1-3H3,(H2,19,20,22,24). The van der Waals surface area contributed by atoms with E-state index in [0.717, 1.165) is 5.56 Å². The highest BCUT2D eigenvalue weighted by atomic mass is 32.1. The third kappa shape index (κ3) is 4.39. The van der Waals surface area contributed by atoms with E-state index in [2.05, 4.69) is 10.6 Å². The minimum atomic E-state index is -0.259. The Kier molecular flexibility index (Phi) is 5.65. The molecular weight excluding hydrogens is 322 g/mol. The molecule has 0 unspecified atom stereocenters. The molecule has 24 heavy (non-hydrogen) atoms. The number of rotatable bonds is 3. The predicted octanol–water partition coefficient (Wildman–Crippen LogP) is 2.82. The van der Waals surface area contributed by atoms with Crippen molar-refractivity contribution in [3.05, 3.63) is 65.2 Å². The number of anilines is 1. The van der Waals surface area contributed by atoms with Gasteiger partial charge in [-0.1, -0.05) is 18.2 Å². The Hall–Kier alpha value is -2.73. The Bertz CT molecular complexity index is 770. The zero-order valence-electron chi connectivity index (χ0n) is 13.8. The smallest absolute Gasteiger partial charge is 0.257 e. The number of nitrogens with zero attached hydrogens (tertiary/aromatic N) is 1. The van der Waals surface area contributed by atoms with E-state index in [0.29, 0.717) is 16.8 Å². The largest absolute Gasteiger partial charge is 0.345 e. The van der Waals surface area contributed by atoms with Gasteiger partial charge in [0.15, 0.2) is 5.11 Å². The van der Waals surface area contributed by atoms with E-state index < -0.39 is 0 Å². The zero-order valence-corrected chi connectivity index (χ0v) is 14.6. The van der Waals surface area contributed by atoms with Gasteiger partial charge in [0.25, 0.3) is 11.8 Å². The second kappa shape index (κ2) is 7.70. The Labute approximate surface area is 146 Å². The summed E-state index contributed by atoms with van der Waals surface area (Å²) in [6.07, 6.45) is 0. The van der Waals surface area contributed by atoms with Crippen molar-refractivity contribution in [2.24, 2.45) is 0 Å². The number of aryl methyl sites for hydroxylation is 1. The molecule has 0 heterocycles. The molecule has 2 aromatic rings. The first-order valence-electron chi connectivity index (χ1n) is 7.38. The van der Waals surface area contributed by atoms with Gasteiger partial charge in [0.05, 0.1) is 0 Å². The van der Waals surface area contributed by atoms with Crippen LogP contribution in [0.1, 0.15) is 26.3 Å². The van der Waals surface area contributed by atoms with E-state index in [1.54, 1.807) is 50.5 Å². The van der Waals surface area contributed by atoms with Crippen molar-refractivity contribution < 1.29 is 9.59 Å². The van der Waals surface area contributed by atoms with Crippen LogP contribution in [-0.4, -0.2) is 35.9 Å². The summed E-state index contributed by atoms with van der Waals surface area (Å²) in [5.74, 6) is -0.331. The molecule has 0 aliphatic heterocycles. The fourth-order valence-electron chi connectivity index (χ4n) is 2.11. The highest BCUT2D eigenvalue weighted by Crippen LogP contribution is 2.11. The third-order valence-electron chi connectivity index (χ3n) is 3.41. The van der Waals surface area contributed by atoms with E-state index in [-0.39, 0.29) is 16.9 Å². The van der Waals surface area contributed by atoms with E-state index >= 15 is 0 Å². The summed E-state index contributed by atoms with van der Waals surface area (Å²) in [5.41, 5.74) is 2.73. The van der Waals surface area contributed by atoms with Crippen LogP contribution in [0.2, 0.25) is 0 Å². The molecule has 2 N–H and O–H groups in total. The van der Waals surface area contributed by atoms with Crippen molar-refractivity contribution in [1.82, 2.24) is 10.2 Å². The maximum atomic E-state index is 12.2. The minimum absolute atomic E-state index is 0.0722. The van der Waals surface area contributed by atoms with Crippen LogP contribution in [0.25, 0.3) is 0 Å². The Balaban J connectivity index is 1.99. The van der Waals surface area contributed by atoms with Gasteiger partial charge in [0.1, 0.15) is 0 Å². The van der Waals surface area contributed by atoms with Crippen LogP contribution in [0.15, 0.2) is 48.5 Å². The van der Waals surface area contributed by atoms with Crippen LogP contribution in [-0.2, 0) is 0 Å². The molecular formula is C18H19N3O2S. The topological polar surface area (TPSA) is 61.4 Å². The van der Waals surface area contributed by atoms with Gasteiger partial charge in [-0.25, -0.2) is 0 Å². The van der Waals surface area contributed by atoms with Gasteiger partial charge in [0, 0.05) is 30.9 Å². The van der Waals surface area contributed by atoms with Crippen molar-refractivity contribution in [3.63, 3.8) is 0 Å². The summed E-state index contributed by atoms with van der Waals surface area (Å²) in [4.78, 5) is 25.5. The average molecular weight is 341 g/mol. The third-order valence-corrected chi connectivity index (χ3v) is 3.62. The number of hydrogen-bond donors (Lipinski definition) is 2. The lowest BCUT2D eigenvalue weighted by molar-refractivity contribution is 0.0827. The second-order valence-corrected chi connectivity index (χ2v) is 5.91. The van der Waals surface area contributed by atoms with Crippen molar-refractivity contribution in [2.75, 3.05) is 19.4 Å². The number of hydrogen-bond acceptors (Lipinski definition) is 3. The molecule has 0 atom stereocenters. The zero-order chi connectivity index (χ0) is 17.7. The first kappa shape index (κ1) is 17.6. The van der Waals surface area contributed by atoms with E-state index in [4.69, 9.17) is 12.2 Å². The van der Waals surface area contributed by atoms with Crippen LogP contribution in [0.3, 0.4) is 0 Å². The summed E-state index contributed by atoms with van der Waals surface area (Å²) in [5, 5.41) is 5.78. The number of carbonyl (C=O) groups is 2. The molecule has 0 aromatic heterocycles. The molecule has 2 aromatic carbocycles. The first-order chi connectivity index (χ1) is 11.4. The van der Waals surface area contributed by atoms with Gasteiger partial charge in [-0.05, 0) is 55.0 Å². The fraction of sp³-hybridized carbons (Fsp3) is 0.167. The van der Waals surface area contributed by atoms with Crippen LogP contribution in [0.5, 0.6) is 0 Å². The van der Waals surface area contributed by atoms with Crippen LogP contribution in [0.4, 0.5) is 5.69 Å². The molecule has 0 radical (unpaired) electrons. The molecule has 0 aliphatic rings. The molecule has 0 bridgehead atoms. The summed E-state index contributed by atoms with van der Waals surface area (Å²) >= 11 is 5.16. The lowest BCUT2D eigenvalue weighted by atomic mass is 10.1. The predicted molar refractivity (Wildman–Crippen MR) is 99.3 cm³/mol. The lowest BCUT2D eigenvalue weighted by Crippen LogP contribution is -2.34. The van der Waals surface area contributed by atoms with E-state index in [1.807, 2.05) is 19.1 Å². The maximum absolute atomic E-state index is 12.2. The van der Waals surface area contributed by atoms with Gasteiger partial charge in [-0.15, -0.1) is 0 Å². The Morgan fingerprint density at radius 3 is 2.21 bits per heavy atom. The van der Waals surface area contributed by atoms with Crippen LogP contribution < -0.4 is 10.6 Å². The second-order valence-electron chi connectivity index (χ2n) is 5.50. The van der Waals surface area contributed by atoms with Gasteiger partial charge < -0.3 is 10.2 Å². The van der Waals surface area contributed by atoms with Crippen molar-refractivity contribution >= 4 is 34.8 Å². The fourth-order valence-corrected chi connectivity index (χ4v) is 2.33. The molecule has 0 saturated carbocycles. The quantitative estimate of drug-likeness (QED) is 0.843. The summed E-state index contributed by atoms with van der Waals surface area (Å²) in [6.45, 7) is 1.87. The van der Waals surface area contributed by atoms with Gasteiger partial charge in [-0.3, -0.25) is 14.9 Å². The van der Waals surface area contributed by atoms with Crippen molar-refractivity contribution in [3.8, 4) is 0 Å². The van der Waals surface area contributed by atoms with Gasteiger partial charge in [0.2, 0.25) is 0 Å². The summed E-state index contributed by atoms with van der Waals surface area (Å²) < 4.78 is 0. The molecule has 0 spiro atoms. The Morgan fingerprint density at radius 2 is 1.62 bits per heavy atom. The number of nitrogens with one attached hydrogen (secondary N) is 2. The molecule has 2 amide bonds. The van der Waals surface area contributed by atoms with Crippen LogP contribution in [0, 0.1) is 6.92 Å². The molecule has 5 nitrogen and oxygen atoms in total. The SMILES string of the molecule is Cc1ccccc1C(=O)NC(=S)Nc1ccc(C(=O)N(C)C)cc1. The lowest BCUT2D eigenvalue weighted by Gasteiger charge is -2.12. The number of thiocarbonyl (C=S) groups is 1. The number of benzene rings is 2. The Morgan fingerprint density at radius 1 is 1.00 bits per heavy atom. The summed E-state index contributed by atoms with van der Waals surface area (Å²) in [7, 11) is 3.40. The minimum Gasteiger partial charge on any atom is -0.345 e. The van der Waals surface area contributed by atoms with Gasteiger partial charge in [-0.2, -0.15) is 0 Å². The van der Waals surface area contributed by atoms with Crippen LogP contribution >= 0.6 is 12.2 Å². The molecule has 0 fully saturated rings. The molecule has 0 saturated heterocycles. The highest BCUT2D eigenvalue weighted by molar-refractivity contribution is 7.80. The molecule has 2 rings (SSSR count). The normalized spacial score (nSPS) is 9.96. The molecule has 6 heteroatoms. The van der Waals surface area contributed by atoms with Crippen molar-refractivity contribution in [2.45, 2.75) is 6.92 Å².